The average molecular weight is 403 g/mol. The Bertz CT molecular complexity index is 1090. The molecule has 0 bridgehead atoms. The van der Waals surface area contributed by atoms with Gasteiger partial charge in [0.1, 0.15) is 5.15 Å². The minimum Gasteiger partial charge on any atom is -0.256 e. The summed E-state index contributed by atoms with van der Waals surface area (Å²) >= 11 is 6.48. The largest absolute Gasteiger partial charge is 0.256 e. The van der Waals surface area contributed by atoms with E-state index in [1.165, 1.54) is 24.5 Å². The molecule has 0 saturated heterocycles. The van der Waals surface area contributed by atoms with Crippen molar-refractivity contribution in [2.24, 2.45) is 4.99 Å². The van der Waals surface area contributed by atoms with Crippen LogP contribution in [-0.2, 0) is 10.0 Å². The van der Waals surface area contributed by atoms with Crippen LogP contribution in [0.4, 0.5) is 5.69 Å². The summed E-state index contributed by atoms with van der Waals surface area (Å²) in [5, 5.41) is 4.91. The molecular formula is C19H19ClN4O2S. The van der Waals surface area contributed by atoms with Crippen molar-refractivity contribution in [3.63, 3.8) is 0 Å². The number of halogens is 1. The first kappa shape index (κ1) is 19.3. The number of hydrogen-bond donors (Lipinski definition) is 0. The lowest BCUT2D eigenvalue weighted by Gasteiger charge is -2.11. The van der Waals surface area contributed by atoms with Crippen LogP contribution in [0, 0.1) is 6.92 Å². The summed E-state index contributed by atoms with van der Waals surface area (Å²) in [6.45, 7) is 1.85. The highest BCUT2D eigenvalue weighted by atomic mass is 35.5. The molecule has 0 N–H and O–H groups in total. The number of rotatable bonds is 5. The Balaban J connectivity index is 1.95. The zero-order chi connectivity index (χ0) is 19.6. The minimum absolute atomic E-state index is 0.185. The first-order valence-corrected chi connectivity index (χ1v) is 9.99. The molecule has 2 aromatic carbocycles. The molecule has 27 heavy (non-hydrogen) atoms. The predicted octanol–water partition coefficient (Wildman–Crippen LogP) is 3.84. The van der Waals surface area contributed by atoms with E-state index in [1.807, 2.05) is 37.3 Å². The van der Waals surface area contributed by atoms with E-state index in [0.29, 0.717) is 16.4 Å². The van der Waals surface area contributed by atoms with Crippen LogP contribution in [0.1, 0.15) is 11.3 Å². The molecule has 1 heterocycles. The fourth-order valence-corrected chi connectivity index (χ4v) is 3.74. The van der Waals surface area contributed by atoms with Crippen molar-refractivity contribution in [1.82, 2.24) is 14.1 Å². The Kier molecular flexibility index (Phi) is 5.46. The number of aliphatic imine (C=N–C) groups is 1. The van der Waals surface area contributed by atoms with Crippen LogP contribution in [0.2, 0.25) is 5.15 Å². The molecule has 0 amide bonds. The van der Waals surface area contributed by atoms with Gasteiger partial charge in [-0.05, 0) is 37.3 Å². The van der Waals surface area contributed by atoms with E-state index in [2.05, 4.69) is 10.1 Å². The van der Waals surface area contributed by atoms with Gasteiger partial charge in [-0.1, -0.05) is 35.9 Å². The van der Waals surface area contributed by atoms with Crippen molar-refractivity contribution in [2.75, 3.05) is 14.1 Å². The molecule has 6 nitrogen and oxygen atoms in total. The molecule has 0 fully saturated rings. The number of nitrogens with zero attached hydrogens (tertiary/aromatic N) is 4. The molecule has 0 aliphatic heterocycles. The highest BCUT2D eigenvalue weighted by Crippen LogP contribution is 2.24. The molecule has 0 aliphatic carbocycles. The average Bonchev–Trinajstić information content (AvgIpc) is 2.95. The van der Waals surface area contributed by atoms with Crippen molar-refractivity contribution in [3.05, 3.63) is 71.0 Å². The second kappa shape index (κ2) is 7.64. The van der Waals surface area contributed by atoms with Crippen molar-refractivity contribution in [2.45, 2.75) is 11.8 Å². The molecule has 0 atom stereocenters. The smallest absolute Gasteiger partial charge is 0.242 e. The van der Waals surface area contributed by atoms with Crippen LogP contribution in [0.25, 0.3) is 5.69 Å². The number of aromatic nitrogens is 2. The molecule has 0 unspecified atom stereocenters. The van der Waals surface area contributed by atoms with E-state index < -0.39 is 10.0 Å². The summed E-state index contributed by atoms with van der Waals surface area (Å²) in [5.74, 6) is 0. The van der Waals surface area contributed by atoms with Gasteiger partial charge in [-0.3, -0.25) is 4.99 Å². The third-order valence-electron chi connectivity index (χ3n) is 3.99. The summed E-state index contributed by atoms with van der Waals surface area (Å²) in [5.41, 5.74) is 2.77. The Morgan fingerprint density at radius 2 is 1.81 bits per heavy atom. The van der Waals surface area contributed by atoms with Gasteiger partial charge in [0.05, 0.1) is 27.5 Å². The first-order chi connectivity index (χ1) is 12.8. The Hall–Kier alpha value is -2.48. The first-order valence-electron chi connectivity index (χ1n) is 8.18. The molecule has 0 aliphatic rings. The molecule has 3 aromatic rings. The molecule has 3 rings (SSSR count). The van der Waals surface area contributed by atoms with Crippen LogP contribution < -0.4 is 0 Å². The standard InChI is InChI=1S/C19H19ClN4O2S/c1-14-18(19(20)24(22-14)16-9-5-4-6-10-16)13-21-15-8-7-11-17(12-15)27(25,26)23(2)3/h4-13H,1-3H3. The fourth-order valence-electron chi connectivity index (χ4n) is 2.47. The van der Waals surface area contributed by atoms with Gasteiger partial charge in [-0.25, -0.2) is 17.4 Å². The quantitative estimate of drug-likeness (QED) is 0.609. The molecule has 8 heteroatoms. The molecule has 0 saturated carbocycles. The van der Waals surface area contributed by atoms with Gasteiger partial charge in [-0.2, -0.15) is 5.10 Å². The van der Waals surface area contributed by atoms with Crippen LogP contribution in [0.5, 0.6) is 0 Å². The highest BCUT2D eigenvalue weighted by molar-refractivity contribution is 7.89. The van der Waals surface area contributed by atoms with Gasteiger partial charge in [0, 0.05) is 20.3 Å². The van der Waals surface area contributed by atoms with Crippen molar-refractivity contribution in [1.29, 1.82) is 0 Å². The minimum atomic E-state index is -3.51. The topological polar surface area (TPSA) is 67.6 Å². The van der Waals surface area contributed by atoms with E-state index in [0.717, 1.165) is 11.4 Å². The van der Waals surface area contributed by atoms with E-state index in [9.17, 15) is 8.42 Å². The molecule has 0 radical (unpaired) electrons. The van der Waals surface area contributed by atoms with Crippen LogP contribution in [0.15, 0.2) is 64.5 Å². The second-order valence-electron chi connectivity index (χ2n) is 6.08. The van der Waals surface area contributed by atoms with Crippen LogP contribution in [-0.4, -0.2) is 42.8 Å². The van der Waals surface area contributed by atoms with E-state index in [-0.39, 0.29) is 4.90 Å². The normalized spacial score (nSPS) is 12.2. The Morgan fingerprint density at radius 1 is 1.11 bits per heavy atom. The van der Waals surface area contributed by atoms with E-state index >= 15 is 0 Å². The van der Waals surface area contributed by atoms with E-state index in [1.54, 1.807) is 29.1 Å². The number of aryl methyl sites for hydroxylation is 1. The SMILES string of the molecule is Cc1nn(-c2ccccc2)c(Cl)c1C=Nc1cccc(S(=O)(=O)N(C)C)c1. The third-order valence-corrected chi connectivity index (χ3v) is 6.16. The summed E-state index contributed by atoms with van der Waals surface area (Å²) in [4.78, 5) is 4.58. The Labute approximate surface area is 163 Å². The zero-order valence-corrected chi connectivity index (χ0v) is 16.7. The van der Waals surface area contributed by atoms with Crippen LogP contribution in [0.3, 0.4) is 0 Å². The van der Waals surface area contributed by atoms with Gasteiger partial charge in [0.2, 0.25) is 10.0 Å². The maximum absolute atomic E-state index is 12.3. The lowest BCUT2D eigenvalue weighted by atomic mass is 10.3. The third kappa shape index (κ3) is 3.95. The monoisotopic (exact) mass is 402 g/mol. The van der Waals surface area contributed by atoms with Crippen LogP contribution >= 0.6 is 11.6 Å². The maximum Gasteiger partial charge on any atom is 0.242 e. The lowest BCUT2D eigenvalue weighted by molar-refractivity contribution is 0.521. The van der Waals surface area contributed by atoms with Crippen molar-refractivity contribution >= 4 is 33.5 Å². The van der Waals surface area contributed by atoms with Gasteiger partial charge in [-0.15, -0.1) is 0 Å². The van der Waals surface area contributed by atoms with Gasteiger partial charge < -0.3 is 0 Å². The molecule has 1 aromatic heterocycles. The highest BCUT2D eigenvalue weighted by Gasteiger charge is 2.17. The van der Waals surface area contributed by atoms with Crippen molar-refractivity contribution in [3.8, 4) is 5.69 Å². The second-order valence-corrected chi connectivity index (χ2v) is 8.59. The maximum atomic E-state index is 12.3. The van der Waals surface area contributed by atoms with Gasteiger partial charge in [0.25, 0.3) is 0 Å². The molecule has 140 valence electrons. The number of benzene rings is 2. The predicted molar refractivity (Wildman–Crippen MR) is 108 cm³/mol. The fraction of sp³-hybridized carbons (Fsp3) is 0.158. The summed E-state index contributed by atoms with van der Waals surface area (Å²) < 4.78 is 27.3. The number of hydrogen-bond acceptors (Lipinski definition) is 4. The van der Waals surface area contributed by atoms with Gasteiger partial charge >= 0.3 is 0 Å². The van der Waals surface area contributed by atoms with Gasteiger partial charge in [0.15, 0.2) is 0 Å². The zero-order valence-electron chi connectivity index (χ0n) is 15.2. The summed E-state index contributed by atoms with van der Waals surface area (Å²) in [6.07, 6.45) is 1.60. The molecule has 0 spiro atoms. The summed E-state index contributed by atoms with van der Waals surface area (Å²) in [6, 6.07) is 16.0. The summed E-state index contributed by atoms with van der Waals surface area (Å²) in [7, 11) is -0.529. The Morgan fingerprint density at radius 3 is 2.48 bits per heavy atom. The lowest BCUT2D eigenvalue weighted by Crippen LogP contribution is -2.22. The van der Waals surface area contributed by atoms with E-state index in [4.69, 9.17) is 11.6 Å². The molecular weight excluding hydrogens is 384 g/mol. The number of sulfonamides is 1. The van der Waals surface area contributed by atoms with Crippen molar-refractivity contribution < 1.29 is 8.42 Å². The number of para-hydroxylation sites is 1.